The van der Waals surface area contributed by atoms with Gasteiger partial charge >= 0.3 is 5.97 Å². The van der Waals surface area contributed by atoms with Crippen LogP contribution >= 0.6 is 15.9 Å². The van der Waals surface area contributed by atoms with Crippen molar-refractivity contribution in [2.75, 3.05) is 11.1 Å². The summed E-state index contributed by atoms with van der Waals surface area (Å²) in [5.74, 6) is 0.332. The fraction of sp³-hybridized carbons (Fsp3) is 0.188. The number of ether oxygens (including phenoxy) is 1. The second-order valence-electron chi connectivity index (χ2n) is 4.61. The molecule has 5 heteroatoms. The van der Waals surface area contributed by atoms with Gasteiger partial charge in [0.05, 0.1) is 11.4 Å². The van der Waals surface area contributed by atoms with Crippen molar-refractivity contribution in [2.45, 2.75) is 19.8 Å². The standard InChI is InChI=1S/C16H17BrN2O2/c1-2-3-16(20)21-13-7-5-12(6-8-13)19-15-9-4-11(17)10-14(15)18/h4-10,19H,2-3,18H2,1H3. The maximum Gasteiger partial charge on any atom is 0.311 e. The Labute approximate surface area is 132 Å². The van der Waals surface area contributed by atoms with Crippen LogP contribution < -0.4 is 15.8 Å². The SMILES string of the molecule is CCCC(=O)Oc1ccc(Nc2ccc(Br)cc2N)cc1. The van der Waals surface area contributed by atoms with Crippen molar-refractivity contribution < 1.29 is 9.53 Å². The van der Waals surface area contributed by atoms with Crippen LogP contribution in [0.4, 0.5) is 17.1 Å². The Bertz CT molecular complexity index is 627. The van der Waals surface area contributed by atoms with Crippen LogP contribution in [0.2, 0.25) is 0 Å². The number of nitrogens with two attached hydrogens (primary N) is 1. The Morgan fingerprint density at radius 3 is 2.57 bits per heavy atom. The molecule has 3 N–H and O–H groups in total. The summed E-state index contributed by atoms with van der Waals surface area (Å²) in [5.41, 5.74) is 8.29. The van der Waals surface area contributed by atoms with Crippen LogP contribution in [0.1, 0.15) is 19.8 Å². The highest BCUT2D eigenvalue weighted by Crippen LogP contribution is 2.27. The van der Waals surface area contributed by atoms with E-state index in [4.69, 9.17) is 10.5 Å². The molecular formula is C16H17BrN2O2. The molecule has 0 saturated heterocycles. The normalized spacial score (nSPS) is 10.2. The molecule has 0 aliphatic rings. The Kier molecular flexibility index (Phi) is 5.22. The molecule has 4 nitrogen and oxygen atoms in total. The van der Waals surface area contributed by atoms with E-state index in [2.05, 4.69) is 21.2 Å². The minimum absolute atomic E-state index is 0.213. The zero-order valence-corrected chi connectivity index (χ0v) is 13.3. The zero-order valence-electron chi connectivity index (χ0n) is 11.7. The summed E-state index contributed by atoms with van der Waals surface area (Å²) in [6.07, 6.45) is 1.21. The molecule has 0 amide bonds. The van der Waals surface area contributed by atoms with Crippen molar-refractivity contribution in [1.29, 1.82) is 0 Å². The summed E-state index contributed by atoms with van der Waals surface area (Å²) >= 11 is 3.37. The van der Waals surface area contributed by atoms with E-state index in [9.17, 15) is 4.79 Å². The van der Waals surface area contributed by atoms with Crippen LogP contribution in [0.5, 0.6) is 5.75 Å². The third kappa shape index (κ3) is 4.49. The lowest BCUT2D eigenvalue weighted by atomic mass is 10.2. The molecule has 21 heavy (non-hydrogen) atoms. The second kappa shape index (κ2) is 7.13. The highest BCUT2D eigenvalue weighted by Gasteiger charge is 2.04. The van der Waals surface area contributed by atoms with Crippen LogP contribution in [-0.2, 0) is 4.79 Å². The predicted molar refractivity (Wildman–Crippen MR) is 88.8 cm³/mol. The molecule has 0 fully saturated rings. The number of carbonyl (C=O) groups is 1. The van der Waals surface area contributed by atoms with Crippen molar-refractivity contribution in [2.24, 2.45) is 0 Å². The summed E-state index contributed by atoms with van der Waals surface area (Å²) in [5, 5.41) is 3.22. The van der Waals surface area contributed by atoms with Gasteiger partial charge in [-0.1, -0.05) is 22.9 Å². The van der Waals surface area contributed by atoms with Crippen molar-refractivity contribution in [3.05, 3.63) is 46.9 Å². The molecule has 0 unspecified atom stereocenters. The van der Waals surface area contributed by atoms with Crippen LogP contribution in [0, 0.1) is 0 Å². The molecule has 2 rings (SSSR count). The van der Waals surface area contributed by atoms with Gasteiger partial charge in [-0.05, 0) is 48.9 Å². The zero-order chi connectivity index (χ0) is 15.2. The lowest BCUT2D eigenvalue weighted by Gasteiger charge is -2.10. The van der Waals surface area contributed by atoms with E-state index < -0.39 is 0 Å². The number of benzene rings is 2. The molecule has 2 aromatic rings. The molecule has 110 valence electrons. The van der Waals surface area contributed by atoms with E-state index in [1.165, 1.54) is 0 Å². The van der Waals surface area contributed by atoms with Crippen LogP contribution in [0.15, 0.2) is 46.9 Å². The van der Waals surface area contributed by atoms with Gasteiger partial charge in [-0.2, -0.15) is 0 Å². The number of hydrogen-bond acceptors (Lipinski definition) is 4. The molecule has 0 spiro atoms. The number of carbonyl (C=O) groups excluding carboxylic acids is 1. The highest BCUT2D eigenvalue weighted by atomic mass is 79.9. The van der Waals surface area contributed by atoms with Gasteiger partial charge in [0.15, 0.2) is 0 Å². The van der Waals surface area contributed by atoms with E-state index in [0.29, 0.717) is 17.9 Å². The molecule has 0 saturated carbocycles. The van der Waals surface area contributed by atoms with E-state index in [0.717, 1.165) is 22.3 Å². The van der Waals surface area contributed by atoms with E-state index >= 15 is 0 Å². The Hall–Kier alpha value is -2.01. The minimum Gasteiger partial charge on any atom is -0.427 e. The first-order chi connectivity index (χ1) is 10.1. The van der Waals surface area contributed by atoms with Gasteiger partial charge in [0, 0.05) is 16.6 Å². The third-order valence-electron chi connectivity index (χ3n) is 2.83. The summed E-state index contributed by atoms with van der Waals surface area (Å²) in [7, 11) is 0. The molecule has 2 aromatic carbocycles. The lowest BCUT2D eigenvalue weighted by Crippen LogP contribution is -2.06. The first kappa shape index (κ1) is 15.4. The molecule has 0 heterocycles. The second-order valence-corrected chi connectivity index (χ2v) is 5.52. The van der Waals surface area contributed by atoms with Crippen molar-refractivity contribution in [1.82, 2.24) is 0 Å². The number of anilines is 3. The van der Waals surface area contributed by atoms with E-state index in [-0.39, 0.29) is 5.97 Å². The molecule has 0 aliphatic heterocycles. The lowest BCUT2D eigenvalue weighted by molar-refractivity contribution is -0.134. The monoisotopic (exact) mass is 348 g/mol. The van der Waals surface area contributed by atoms with Crippen LogP contribution in [0.3, 0.4) is 0 Å². The fourth-order valence-corrected chi connectivity index (χ4v) is 2.17. The van der Waals surface area contributed by atoms with Gasteiger partial charge in [-0.15, -0.1) is 0 Å². The molecule has 0 aliphatic carbocycles. The number of nitrogen functional groups attached to an aromatic ring is 1. The number of nitrogens with one attached hydrogen (secondary N) is 1. The Morgan fingerprint density at radius 1 is 1.24 bits per heavy atom. The smallest absolute Gasteiger partial charge is 0.311 e. The first-order valence-corrected chi connectivity index (χ1v) is 7.50. The average molecular weight is 349 g/mol. The van der Waals surface area contributed by atoms with Gasteiger partial charge in [-0.25, -0.2) is 0 Å². The predicted octanol–water partition coefficient (Wildman–Crippen LogP) is 4.48. The summed E-state index contributed by atoms with van der Waals surface area (Å²) in [4.78, 5) is 11.4. The average Bonchev–Trinajstić information content (AvgIpc) is 2.44. The van der Waals surface area contributed by atoms with Gasteiger partial charge < -0.3 is 15.8 Å². The number of halogens is 1. The Balaban J connectivity index is 2.03. The molecule has 0 aromatic heterocycles. The fourth-order valence-electron chi connectivity index (χ4n) is 1.80. The maximum atomic E-state index is 11.4. The van der Waals surface area contributed by atoms with E-state index in [1.807, 2.05) is 37.3 Å². The largest absolute Gasteiger partial charge is 0.427 e. The maximum absolute atomic E-state index is 11.4. The highest BCUT2D eigenvalue weighted by molar-refractivity contribution is 9.10. The number of esters is 1. The summed E-state index contributed by atoms with van der Waals surface area (Å²) < 4.78 is 6.14. The summed E-state index contributed by atoms with van der Waals surface area (Å²) in [6, 6.07) is 12.8. The third-order valence-corrected chi connectivity index (χ3v) is 3.33. The topological polar surface area (TPSA) is 64.3 Å². The molecular weight excluding hydrogens is 332 g/mol. The van der Waals surface area contributed by atoms with Crippen molar-refractivity contribution in [3.8, 4) is 5.75 Å². The molecule has 0 bridgehead atoms. The van der Waals surface area contributed by atoms with Crippen LogP contribution in [-0.4, -0.2) is 5.97 Å². The van der Waals surface area contributed by atoms with Gasteiger partial charge in [0.1, 0.15) is 5.75 Å². The quantitative estimate of drug-likeness (QED) is 0.475. The van der Waals surface area contributed by atoms with Gasteiger partial charge in [-0.3, -0.25) is 4.79 Å². The van der Waals surface area contributed by atoms with Gasteiger partial charge in [0.25, 0.3) is 0 Å². The van der Waals surface area contributed by atoms with Gasteiger partial charge in [0.2, 0.25) is 0 Å². The van der Waals surface area contributed by atoms with E-state index in [1.54, 1.807) is 12.1 Å². The molecule has 0 radical (unpaired) electrons. The summed E-state index contributed by atoms with van der Waals surface area (Å²) in [6.45, 7) is 1.94. The minimum atomic E-state index is -0.213. The molecule has 0 atom stereocenters. The number of hydrogen-bond donors (Lipinski definition) is 2. The first-order valence-electron chi connectivity index (χ1n) is 6.71. The van der Waals surface area contributed by atoms with Crippen LogP contribution in [0.25, 0.3) is 0 Å². The number of rotatable bonds is 5. The van der Waals surface area contributed by atoms with Crippen molar-refractivity contribution >= 4 is 39.0 Å². The van der Waals surface area contributed by atoms with Crippen molar-refractivity contribution in [3.63, 3.8) is 0 Å². The Morgan fingerprint density at radius 2 is 1.95 bits per heavy atom.